The summed E-state index contributed by atoms with van der Waals surface area (Å²) >= 11 is 0. The van der Waals surface area contributed by atoms with E-state index in [2.05, 4.69) is 26.1 Å². The standard InChI is InChI=1S/C21H31N3O3/c1-5-14-23-17-12-10-9-11-16(17)19(25)18(21(23)27)20(26)22-13-15-24(6-2,7-3)8-4/h9-12H,5-8,13-15H2,1-4H3,(H-,22,25,26,27)/p+1. The van der Waals surface area contributed by atoms with E-state index in [0.29, 0.717) is 24.0 Å². The molecule has 2 rings (SSSR count). The Labute approximate surface area is 161 Å². The minimum Gasteiger partial charge on any atom is -0.506 e. The maximum atomic E-state index is 12.9. The molecule has 0 aliphatic carbocycles. The van der Waals surface area contributed by atoms with Crippen LogP contribution in [0.25, 0.3) is 10.9 Å². The van der Waals surface area contributed by atoms with Crippen molar-refractivity contribution in [2.24, 2.45) is 0 Å². The van der Waals surface area contributed by atoms with Gasteiger partial charge in [0.05, 0.1) is 38.2 Å². The molecule has 6 heteroatoms. The minimum absolute atomic E-state index is 0.162. The molecule has 148 valence electrons. The van der Waals surface area contributed by atoms with Gasteiger partial charge in [-0.1, -0.05) is 19.1 Å². The summed E-state index contributed by atoms with van der Waals surface area (Å²) in [5.41, 5.74) is 0.0505. The molecule has 0 saturated carbocycles. The molecule has 0 bridgehead atoms. The first-order valence-electron chi connectivity index (χ1n) is 9.92. The fourth-order valence-corrected chi connectivity index (χ4v) is 3.68. The van der Waals surface area contributed by atoms with Crippen LogP contribution in [0.15, 0.2) is 29.1 Å². The second-order valence-electron chi connectivity index (χ2n) is 6.97. The Kier molecular flexibility index (Phi) is 7.02. The highest BCUT2D eigenvalue weighted by Crippen LogP contribution is 2.26. The summed E-state index contributed by atoms with van der Waals surface area (Å²) in [6.07, 6.45) is 0.763. The van der Waals surface area contributed by atoms with Crippen LogP contribution in [-0.2, 0) is 6.54 Å². The lowest BCUT2D eigenvalue weighted by molar-refractivity contribution is -0.922. The number of aromatic hydroxyl groups is 1. The summed E-state index contributed by atoms with van der Waals surface area (Å²) in [4.78, 5) is 25.6. The zero-order chi connectivity index (χ0) is 20.0. The van der Waals surface area contributed by atoms with Gasteiger partial charge in [0.1, 0.15) is 11.3 Å². The van der Waals surface area contributed by atoms with Crippen LogP contribution in [0.5, 0.6) is 5.75 Å². The number of benzene rings is 1. The summed E-state index contributed by atoms with van der Waals surface area (Å²) in [5, 5.41) is 14.0. The maximum Gasteiger partial charge on any atom is 0.267 e. The van der Waals surface area contributed by atoms with Gasteiger partial charge in [0.25, 0.3) is 11.5 Å². The topological polar surface area (TPSA) is 71.3 Å². The van der Waals surface area contributed by atoms with Gasteiger partial charge in [-0.15, -0.1) is 0 Å². The molecule has 0 aliphatic heterocycles. The van der Waals surface area contributed by atoms with E-state index >= 15 is 0 Å². The van der Waals surface area contributed by atoms with Gasteiger partial charge in [-0.2, -0.15) is 0 Å². The van der Waals surface area contributed by atoms with E-state index in [1.807, 2.05) is 13.0 Å². The van der Waals surface area contributed by atoms with Crippen LogP contribution in [0.4, 0.5) is 0 Å². The summed E-state index contributed by atoms with van der Waals surface area (Å²) in [6, 6.07) is 7.15. The van der Waals surface area contributed by atoms with Gasteiger partial charge in [0, 0.05) is 11.9 Å². The fraction of sp³-hybridized carbons (Fsp3) is 0.524. The van der Waals surface area contributed by atoms with Crippen molar-refractivity contribution < 1.29 is 14.4 Å². The van der Waals surface area contributed by atoms with Gasteiger partial charge < -0.3 is 19.5 Å². The first kappa shape index (κ1) is 21.0. The number of carbonyl (C=O) groups excluding carboxylic acids is 1. The number of nitrogens with one attached hydrogen (secondary N) is 1. The Hall–Kier alpha value is -2.34. The van der Waals surface area contributed by atoms with E-state index in [4.69, 9.17) is 0 Å². The average Bonchev–Trinajstić information content (AvgIpc) is 2.69. The number of nitrogens with zero attached hydrogens (tertiary/aromatic N) is 2. The van der Waals surface area contributed by atoms with Crippen LogP contribution in [0.1, 0.15) is 44.5 Å². The highest BCUT2D eigenvalue weighted by Gasteiger charge is 2.24. The minimum atomic E-state index is -0.505. The molecule has 1 aromatic heterocycles. The van der Waals surface area contributed by atoms with Crippen molar-refractivity contribution in [1.29, 1.82) is 0 Å². The number of quaternary nitrogens is 1. The van der Waals surface area contributed by atoms with E-state index in [-0.39, 0.29) is 11.3 Å². The molecule has 0 spiro atoms. The van der Waals surface area contributed by atoms with Crippen LogP contribution in [-0.4, -0.2) is 52.8 Å². The Bertz CT molecular complexity index is 845. The molecular weight excluding hydrogens is 342 g/mol. The molecule has 0 fully saturated rings. The van der Waals surface area contributed by atoms with Crippen LogP contribution < -0.4 is 10.9 Å². The molecule has 1 aromatic carbocycles. The molecule has 0 aliphatic rings. The van der Waals surface area contributed by atoms with Crippen molar-refractivity contribution in [2.75, 3.05) is 32.7 Å². The zero-order valence-corrected chi connectivity index (χ0v) is 16.9. The van der Waals surface area contributed by atoms with Crippen molar-refractivity contribution in [3.05, 3.63) is 40.2 Å². The Morgan fingerprint density at radius 2 is 1.74 bits per heavy atom. The van der Waals surface area contributed by atoms with Gasteiger partial charge in [0.2, 0.25) is 0 Å². The number of hydrogen-bond donors (Lipinski definition) is 2. The highest BCUT2D eigenvalue weighted by atomic mass is 16.3. The van der Waals surface area contributed by atoms with Gasteiger partial charge in [-0.05, 0) is 39.3 Å². The van der Waals surface area contributed by atoms with Crippen molar-refractivity contribution >= 4 is 16.8 Å². The number of aryl methyl sites for hydroxylation is 1. The lowest BCUT2D eigenvalue weighted by Crippen LogP contribution is -2.51. The van der Waals surface area contributed by atoms with Crippen LogP contribution >= 0.6 is 0 Å². The van der Waals surface area contributed by atoms with E-state index in [1.54, 1.807) is 22.8 Å². The van der Waals surface area contributed by atoms with Gasteiger partial charge in [-0.3, -0.25) is 9.59 Å². The Morgan fingerprint density at radius 3 is 2.33 bits per heavy atom. The van der Waals surface area contributed by atoms with Gasteiger partial charge in [-0.25, -0.2) is 0 Å². The zero-order valence-electron chi connectivity index (χ0n) is 16.9. The van der Waals surface area contributed by atoms with Crippen molar-refractivity contribution in [3.8, 4) is 5.75 Å². The third-order valence-corrected chi connectivity index (χ3v) is 5.70. The van der Waals surface area contributed by atoms with E-state index in [0.717, 1.165) is 37.1 Å². The number of pyridine rings is 1. The molecule has 0 unspecified atom stereocenters. The molecule has 2 N–H and O–H groups in total. The molecule has 27 heavy (non-hydrogen) atoms. The summed E-state index contributed by atoms with van der Waals surface area (Å²) in [7, 11) is 0. The van der Waals surface area contributed by atoms with Crippen molar-refractivity contribution in [1.82, 2.24) is 9.88 Å². The Morgan fingerprint density at radius 1 is 1.11 bits per heavy atom. The smallest absolute Gasteiger partial charge is 0.267 e. The number of aromatic nitrogens is 1. The number of para-hydroxylation sites is 1. The monoisotopic (exact) mass is 374 g/mol. The summed E-state index contributed by atoms with van der Waals surface area (Å²) in [5.74, 6) is -0.739. The van der Waals surface area contributed by atoms with Crippen LogP contribution in [0.3, 0.4) is 0 Å². The van der Waals surface area contributed by atoms with Crippen LogP contribution in [0, 0.1) is 0 Å². The predicted octanol–water partition coefficient (Wildman–Crippen LogP) is 2.72. The molecule has 1 heterocycles. The second kappa shape index (κ2) is 9.04. The fourth-order valence-electron chi connectivity index (χ4n) is 3.68. The number of amides is 1. The highest BCUT2D eigenvalue weighted by molar-refractivity contribution is 6.02. The molecular formula is C21H32N3O3+. The average molecular weight is 375 g/mol. The molecule has 0 radical (unpaired) electrons. The van der Waals surface area contributed by atoms with Gasteiger partial charge in [0.15, 0.2) is 0 Å². The summed E-state index contributed by atoms with van der Waals surface area (Å²) < 4.78 is 2.48. The predicted molar refractivity (Wildman–Crippen MR) is 109 cm³/mol. The molecule has 1 amide bonds. The number of rotatable bonds is 9. The van der Waals surface area contributed by atoms with E-state index < -0.39 is 11.5 Å². The molecule has 6 nitrogen and oxygen atoms in total. The molecule has 0 atom stereocenters. The molecule has 0 saturated heterocycles. The SMILES string of the molecule is CCCn1c(=O)c(C(=O)NCC[N+](CC)(CC)CC)c(O)c2ccccc21. The maximum absolute atomic E-state index is 12.9. The third-order valence-electron chi connectivity index (χ3n) is 5.70. The van der Waals surface area contributed by atoms with Crippen molar-refractivity contribution in [3.63, 3.8) is 0 Å². The lowest BCUT2D eigenvalue weighted by atomic mass is 10.1. The number of hydrogen-bond acceptors (Lipinski definition) is 3. The number of fused-ring (bicyclic) bond motifs is 1. The van der Waals surface area contributed by atoms with E-state index in [9.17, 15) is 14.7 Å². The third kappa shape index (κ3) is 4.16. The van der Waals surface area contributed by atoms with E-state index in [1.165, 1.54) is 0 Å². The van der Waals surface area contributed by atoms with Crippen LogP contribution in [0.2, 0.25) is 0 Å². The van der Waals surface area contributed by atoms with Crippen molar-refractivity contribution in [2.45, 2.75) is 40.7 Å². The summed E-state index contributed by atoms with van der Waals surface area (Å²) in [6.45, 7) is 13.2. The largest absolute Gasteiger partial charge is 0.506 e. The Balaban J connectivity index is 2.35. The lowest BCUT2D eigenvalue weighted by Gasteiger charge is -2.35. The van der Waals surface area contributed by atoms with Gasteiger partial charge >= 0.3 is 0 Å². The normalized spacial score (nSPS) is 11.7. The number of carbonyl (C=O) groups is 1. The quantitative estimate of drug-likeness (QED) is 0.663. The first-order chi connectivity index (χ1) is 12.9. The molecule has 2 aromatic rings. The first-order valence-corrected chi connectivity index (χ1v) is 9.92. The second-order valence-corrected chi connectivity index (χ2v) is 6.97. The number of likely N-dealkylation sites (N-methyl/N-ethyl adjacent to an activating group) is 1.